The molecule has 0 amide bonds. The fourth-order valence-electron chi connectivity index (χ4n) is 3.32. The third kappa shape index (κ3) is 5.81. The van der Waals surface area contributed by atoms with E-state index in [0.29, 0.717) is 23.0 Å². The lowest BCUT2D eigenvalue weighted by Crippen LogP contribution is -2.10. The van der Waals surface area contributed by atoms with E-state index in [9.17, 15) is 18.0 Å². The molecule has 8 heteroatoms. The molecule has 3 aromatic rings. The number of nitrogens with zero attached hydrogens (tertiary/aromatic N) is 2. The van der Waals surface area contributed by atoms with Crippen molar-refractivity contribution in [1.29, 1.82) is 0 Å². The first-order chi connectivity index (χ1) is 14.7. The van der Waals surface area contributed by atoms with Crippen molar-refractivity contribution in [3.63, 3.8) is 0 Å². The summed E-state index contributed by atoms with van der Waals surface area (Å²) in [7, 11) is 1.74. The Balaban J connectivity index is 1.72. The normalized spacial score (nSPS) is 11.3. The Morgan fingerprint density at radius 3 is 2.32 bits per heavy atom. The number of aryl methyl sites for hydroxylation is 2. The number of rotatable bonds is 7. The highest BCUT2D eigenvalue weighted by Gasteiger charge is 2.30. The SMILES string of the molecule is CNc1cc(Oc2c(C)cc(CC(=O)Cc3cccc(C(F)(F)F)c3)cc2C)ncn1. The molecule has 0 radical (unpaired) electrons. The minimum atomic E-state index is -4.43. The molecule has 0 atom stereocenters. The summed E-state index contributed by atoms with van der Waals surface area (Å²) in [6, 6.07) is 10.2. The molecular formula is C23H22F3N3O2. The number of alkyl halides is 3. The van der Waals surface area contributed by atoms with Crippen LogP contribution in [0, 0.1) is 13.8 Å². The molecule has 1 aromatic heterocycles. The number of hydrogen-bond donors (Lipinski definition) is 1. The van der Waals surface area contributed by atoms with Crippen LogP contribution < -0.4 is 10.1 Å². The lowest BCUT2D eigenvalue weighted by Gasteiger charge is -2.14. The summed E-state index contributed by atoms with van der Waals surface area (Å²) in [5, 5.41) is 2.91. The molecular weight excluding hydrogens is 407 g/mol. The van der Waals surface area contributed by atoms with Gasteiger partial charge in [0, 0.05) is 26.0 Å². The lowest BCUT2D eigenvalue weighted by atomic mass is 9.98. The van der Waals surface area contributed by atoms with Crippen LogP contribution in [0.5, 0.6) is 11.6 Å². The van der Waals surface area contributed by atoms with Crippen molar-refractivity contribution in [3.05, 3.63) is 76.6 Å². The van der Waals surface area contributed by atoms with Crippen LogP contribution in [0.3, 0.4) is 0 Å². The maximum atomic E-state index is 12.9. The Bertz CT molecular complexity index is 1070. The van der Waals surface area contributed by atoms with Crippen molar-refractivity contribution in [3.8, 4) is 11.6 Å². The molecule has 0 saturated carbocycles. The number of ether oxygens (including phenoxy) is 1. The Hall–Kier alpha value is -3.42. The van der Waals surface area contributed by atoms with Crippen LogP contribution in [0.1, 0.15) is 27.8 Å². The van der Waals surface area contributed by atoms with Crippen LogP contribution in [0.4, 0.5) is 19.0 Å². The van der Waals surface area contributed by atoms with E-state index in [1.165, 1.54) is 18.5 Å². The summed E-state index contributed by atoms with van der Waals surface area (Å²) in [5.41, 5.74) is 2.02. The highest BCUT2D eigenvalue weighted by molar-refractivity contribution is 5.83. The average molecular weight is 429 g/mol. The van der Waals surface area contributed by atoms with Gasteiger partial charge in [0.15, 0.2) is 0 Å². The molecule has 1 N–H and O–H groups in total. The second-order valence-corrected chi connectivity index (χ2v) is 7.24. The maximum Gasteiger partial charge on any atom is 0.416 e. The molecule has 5 nitrogen and oxygen atoms in total. The van der Waals surface area contributed by atoms with Gasteiger partial charge in [-0.3, -0.25) is 4.79 Å². The summed E-state index contributed by atoms with van der Waals surface area (Å²) in [4.78, 5) is 20.6. The first kappa shape index (κ1) is 22.3. The molecule has 0 fully saturated rings. The number of Topliss-reactive ketones (excluding diaryl/α,β-unsaturated/α-hetero) is 1. The molecule has 0 unspecified atom stereocenters. The van der Waals surface area contributed by atoms with E-state index >= 15 is 0 Å². The van der Waals surface area contributed by atoms with Gasteiger partial charge >= 0.3 is 6.18 Å². The molecule has 0 aliphatic heterocycles. The zero-order valence-electron chi connectivity index (χ0n) is 17.4. The molecule has 0 bridgehead atoms. The Kier molecular flexibility index (Phi) is 6.58. The van der Waals surface area contributed by atoms with E-state index < -0.39 is 11.7 Å². The second-order valence-electron chi connectivity index (χ2n) is 7.24. The molecule has 0 aliphatic rings. The van der Waals surface area contributed by atoms with Crippen LogP contribution in [-0.4, -0.2) is 22.8 Å². The number of anilines is 1. The largest absolute Gasteiger partial charge is 0.438 e. The highest BCUT2D eigenvalue weighted by atomic mass is 19.4. The van der Waals surface area contributed by atoms with Gasteiger partial charge < -0.3 is 10.1 Å². The van der Waals surface area contributed by atoms with Crippen molar-refractivity contribution < 1.29 is 22.7 Å². The lowest BCUT2D eigenvalue weighted by molar-refractivity contribution is -0.137. The fraction of sp³-hybridized carbons (Fsp3) is 0.261. The number of aromatic nitrogens is 2. The van der Waals surface area contributed by atoms with Crippen molar-refractivity contribution in [2.75, 3.05) is 12.4 Å². The number of halogens is 3. The smallest absolute Gasteiger partial charge is 0.416 e. The highest BCUT2D eigenvalue weighted by Crippen LogP contribution is 2.31. The Morgan fingerprint density at radius 1 is 1.00 bits per heavy atom. The quantitative estimate of drug-likeness (QED) is 0.552. The van der Waals surface area contributed by atoms with Crippen molar-refractivity contribution in [1.82, 2.24) is 9.97 Å². The van der Waals surface area contributed by atoms with Crippen molar-refractivity contribution >= 4 is 11.6 Å². The number of ketones is 1. The van der Waals surface area contributed by atoms with E-state index in [1.807, 2.05) is 26.0 Å². The first-order valence-electron chi connectivity index (χ1n) is 9.61. The van der Waals surface area contributed by atoms with Crippen LogP contribution >= 0.6 is 0 Å². The first-order valence-corrected chi connectivity index (χ1v) is 9.61. The average Bonchev–Trinajstić information content (AvgIpc) is 2.70. The Labute approximate surface area is 178 Å². The van der Waals surface area contributed by atoms with Gasteiger partial charge in [-0.15, -0.1) is 0 Å². The third-order valence-corrected chi connectivity index (χ3v) is 4.68. The zero-order valence-corrected chi connectivity index (χ0v) is 17.4. The van der Waals surface area contributed by atoms with Crippen LogP contribution in [0.25, 0.3) is 0 Å². The number of nitrogens with one attached hydrogen (secondary N) is 1. The van der Waals surface area contributed by atoms with Gasteiger partial charge in [0.2, 0.25) is 5.88 Å². The van der Waals surface area contributed by atoms with Gasteiger partial charge in [0.25, 0.3) is 0 Å². The van der Waals surface area contributed by atoms with Gasteiger partial charge in [-0.05, 0) is 42.2 Å². The minimum absolute atomic E-state index is 0.0615. The topological polar surface area (TPSA) is 64.1 Å². The summed E-state index contributed by atoms with van der Waals surface area (Å²) >= 11 is 0. The van der Waals surface area contributed by atoms with Crippen LogP contribution in [0.2, 0.25) is 0 Å². The van der Waals surface area contributed by atoms with E-state index in [-0.39, 0.29) is 18.6 Å². The number of hydrogen-bond acceptors (Lipinski definition) is 5. The predicted octanol–water partition coefficient (Wildman–Crippen LogP) is 5.30. The van der Waals surface area contributed by atoms with E-state index in [1.54, 1.807) is 13.1 Å². The molecule has 0 saturated heterocycles. The monoisotopic (exact) mass is 429 g/mol. The van der Waals surface area contributed by atoms with E-state index in [2.05, 4.69) is 15.3 Å². The van der Waals surface area contributed by atoms with Gasteiger partial charge in [0.1, 0.15) is 23.7 Å². The van der Waals surface area contributed by atoms with Crippen LogP contribution in [0.15, 0.2) is 48.8 Å². The summed E-state index contributed by atoms with van der Waals surface area (Å²) < 4.78 is 44.5. The van der Waals surface area contributed by atoms with Gasteiger partial charge in [-0.25, -0.2) is 9.97 Å². The molecule has 1 heterocycles. The second kappa shape index (κ2) is 9.16. The fourth-order valence-corrected chi connectivity index (χ4v) is 3.32. The number of carbonyl (C=O) groups is 1. The zero-order chi connectivity index (χ0) is 22.6. The summed E-state index contributed by atoms with van der Waals surface area (Å²) in [6.45, 7) is 3.73. The van der Waals surface area contributed by atoms with Crippen LogP contribution in [-0.2, 0) is 23.8 Å². The summed E-state index contributed by atoms with van der Waals surface area (Å²) in [5.74, 6) is 1.48. The van der Waals surface area contributed by atoms with Crippen molar-refractivity contribution in [2.45, 2.75) is 32.9 Å². The van der Waals surface area contributed by atoms with Gasteiger partial charge in [-0.1, -0.05) is 30.3 Å². The molecule has 2 aromatic carbocycles. The number of carbonyl (C=O) groups excluding carboxylic acids is 1. The molecule has 0 aliphatic carbocycles. The molecule has 162 valence electrons. The van der Waals surface area contributed by atoms with Crippen molar-refractivity contribution in [2.24, 2.45) is 0 Å². The summed E-state index contributed by atoms with van der Waals surface area (Å²) in [6.07, 6.45) is -2.98. The standard InChI is InChI=1S/C23H22F3N3O2/c1-14-7-17(8-15(2)22(14)31-21-12-20(27-3)28-13-29-21)11-19(30)10-16-5-4-6-18(9-16)23(24,25)26/h4-9,12-13H,10-11H2,1-3H3,(H,27,28,29). The predicted molar refractivity (Wildman–Crippen MR) is 111 cm³/mol. The number of benzene rings is 2. The van der Waals surface area contributed by atoms with E-state index in [0.717, 1.165) is 28.8 Å². The van der Waals surface area contributed by atoms with Gasteiger partial charge in [-0.2, -0.15) is 13.2 Å². The molecule has 0 spiro atoms. The minimum Gasteiger partial charge on any atom is -0.438 e. The molecule has 3 rings (SSSR count). The van der Waals surface area contributed by atoms with E-state index in [4.69, 9.17) is 4.74 Å². The maximum absolute atomic E-state index is 12.9. The third-order valence-electron chi connectivity index (χ3n) is 4.68. The Morgan fingerprint density at radius 2 is 1.68 bits per heavy atom. The van der Waals surface area contributed by atoms with Gasteiger partial charge in [0.05, 0.1) is 5.56 Å². The molecule has 31 heavy (non-hydrogen) atoms.